The van der Waals surface area contributed by atoms with Crippen LogP contribution in [0.2, 0.25) is 0 Å². The zero-order valence-corrected chi connectivity index (χ0v) is 13.8. The fourth-order valence-corrected chi connectivity index (χ4v) is 2.92. The minimum atomic E-state index is -0.648. The third-order valence-corrected chi connectivity index (χ3v) is 4.15. The Labute approximate surface area is 147 Å². The minimum absolute atomic E-state index is 0.103. The molecule has 6 nitrogen and oxygen atoms in total. The fourth-order valence-electron chi connectivity index (χ4n) is 2.06. The predicted molar refractivity (Wildman–Crippen MR) is 97.8 cm³/mol. The number of carbonyl (C=O) groups is 2. The number of rotatable bonds is 4. The molecule has 0 radical (unpaired) electrons. The Bertz CT molecular complexity index is 925. The lowest BCUT2D eigenvalue weighted by molar-refractivity contribution is 0.102. The highest BCUT2D eigenvalue weighted by Gasteiger charge is 2.10. The Hall–Kier alpha value is -3.37. The van der Waals surface area contributed by atoms with Crippen LogP contribution in [0.5, 0.6) is 0 Å². The summed E-state index contributed by atoms with van der Waals surface area (Å²) >= 11 is 1.41. The molecule has 0 aliphatic carbocycles. The number of carbonyl (C=O) groups excluding carboxylic acids is 2. The molecule has 0 spiro atoms. The van der Waals surface area contributed by atoms with Gasteiger partial charge < -0.3 is 4.74 Å². The first-order chi connectivity index (χ1) is 12.2. The lowest BCUT2D eigenvalue weighted by atomic mass is 10.2. The highest BCUT2D eigenvalue weighted by Crippen LogP contribution is 2.25. The van der Waals surface area contributed by atoms with Crippen molar-refractivity contribution in [1.29, 1.82) is 0 Å². The Morgan fingerprint density at radius 3 is 2.60 bits per heavy atom. The summed E-state index contributed by atoms with van der Waals surface area (Å²) in [6.07, 6.45) is 4.36. The normalized spacial score (nSPS) is 10.0. The van der Waals surface area contributed by atoms with Gasteiger partial charge in [-0.15, -0.1) is 6.42 Å². The van der Waals surface area contributed by atoms with Gasteiger partial charge in [0.15, 0.2) is 11.7 Å². The molecule has 0 fully saturated rings. The zero-order valence-electron chi connectivity index (χ0n) is 13.0. The third-order valence-electron chi connectivity index (χ3n) is 3.19. The average molecular weight is 351 g/mol. The molecular formula is C18H13N3O3S. The fraction of sp³-hybridized carbons (Fsp3) is 0.0556. The number of nitrogens with one attached hydrogen (secondary N) is 2. The van der Waals surface area contributed by atoms with Gasteiger partial charge in [0.2, 0.25) is 0 Å². The van der Waals surface area contributed by atoms with E-state index in [9.17, 15) is 9.59 Å². The number of ether oxygens (including phenoxy) is 1. The number of thiazole rings is 1. The van der Waals surface area contributed by atoms with Gasteiger partial charge in [0, 0.05) is 11.3 Å². The number of para-hydroxylation sites is 1. The second-order valence-corrected chi connectivity index (χ2v) is 5.95. The van der Waals surface area contributed by atoms with E-state index in [-0.39, 0.29) is 12.5 Å². The van der Waals surface area contributed by atoms with Gasteiger partial charge in [0.05, 0.1) is 10.2 Å². The van der Waals surface area contributed by atoms with E-state index in [0.29, 0.717) is 16.4 Å². The molecule has 2 aromatic carbocycles. The molecule has 0 saturated carbocycles. The van der Waals surface area contributed by atoms with Crippen molar-refractivity contribution in [3.8, 4) is 12.3 Å². The standard InChI is InChI=1S/C18H13N3O3S/c1-2-11-24-18(23)19-13-9-7-12(8-10-13)16(22)21-17-20-14-5-3-4-6-15(14)25-17/h1,3-10H,11H2,(H,19,23)(H,20,21,22). The first kappa shape index (κ1) is 16.5. The third kappa shape index (κ3) is 4.13. The Balaban J connectivity index is 1.64. The summed E-state index contributed by atoms with van der Waals surface area (Å²) < 4.78 is 5.71. The second kappa shape index (κ2) is 7.47. The Morgan fingerprint density at radius 1 is 1.12 bits per heavy atom. The van der Waals surface area contributed by atoms with Gasteiger partial charge >= 0.3 is 6.09 Å². The van der Waals surface area contributed by atoms with Crippen molar-refractivity contribution in [3.63, 3.8) is 0 Å². The summed E-state index contributed by atoms with van der Waals surface area (Å²) in [6, 6.07) is 14.1. The van der Waals surface area contributed by atoms with Crippen LogP contribution in [0, 0.1) is 12.3 Å². The number of hydrogen-bond acceptors (Lipinski definition) is 5. The second-order valence-electron chi connectivity index (χ2n) is 4.92. The van der Waals surface area contributed by atoms with E-state index in [1.54, 1.807) is 24.3 Å². The molecule has 25 heavy (non-hydrogen) atoms. The van der Waals surface area contributed by atoms with Crippen LogP contribution < -0.4 is 10.6 Å². The van der Waals surface area contributed by atoms with Gasteiger partial charge in [-0.25, -0.2) is 9.78 Å². The van der Waals surface area contributed by atoms with E-state index in [1.807, 2.05) is 24.3 Å². The largest absolute Gasteiger partial charge is 0.436 e. The van der Waals surface area contributed by atoms with Gasteiger partial charge in [-0.3, -0.25) is 15.4 Å². The van der Waals surface area contributed by atoms with Crippen molar-refractivity contribution >= 4 is 44.4 Å². The van der Waals surface area contributed by atoms with Crippen molar-refractivity contribution in [2.24, 2.45) is 0 Å². The monoisotopic (exact) mass is 351 g/mol. The van der Waals surface area contributed by atoms with E-state index in [1.165, 1.54) is 11.3 Å². The molecule has 7 heteroatoms. The molecule has 0 saturated heterocycles. The van der Waals surface area contributed by atoms with Crippen molar-refractivity contribution < 1.29 is 14.3 Å². The maximum Gasteiger partial charge on any atom is 0.412 e. The van der Waals surface area contributed by atoms with E-state index in [4.69, 9.17) is 11.2 Å². The summed E-state index contributed by atoms with van der Waals surface area (Å²) in [6.45, 7) is -0.103. The van der Waals surface area contributed by atoms with Crippen LogP contribution in [0.3, 0.4) is 0 Å². The summed E-state index contributed by atoms with van der Waals surface area (Å²) in [5.41, 5.74) is 1.79. The topological polar surface area (TPSA) is 80.3 Å². The molecule has 1 heterocycles. The molecular weight excluding hydrogens is 338 g/mol. The minimum Gasteiger partial charge on any atom is -0.436 e. The molecule has 3 aromatic rings. The molecule has 0 aliphatic rings. The van der Waals surface area contributed by atoms with Crippen molar-refractivity contribution in [1.82, 2.24) is 4.98 Å². The van der Waals surface area contributed by atoms with E-state index in [0.717, 1.165) is 10.2 Å². The summed E-state index contributed by atoms with van der Waals surface area (Å²) in [7, 11) is 0. The van der Waals surface area contributed by atoms with Gasteiger partial charge in [-0.05, 0) is 36.4 Å². The first-order valence-corrected chi connectivity index (χ1v) is 8.11. The van der Waals surface area contributed by atoms with E-state index < -0.39 is 6.09 Å². The maximum absolute atomic E-state index is 12.3. The summed E-state index contributed by atoms with van der Waals surface area (Å²) in [5, 5.41) is 5.82. The summed E-state index contributed by atoms with van der Waals surface area (Å²) in [5.74, 6) is 1.92. The van der Waals surface area contributed by atoms with E-state index in [2.05, 4.69) is 21.5 Å². The molecule has 2 amide bonds. The molecule has 2 N–H and O–H groups in total. The molecule has 1 aromatic heterocycles. The number of benzene rings is 2. The highest BCUT2D eigenvalue weighted by atomic mass is 32.1. The number of anilines is 2. The molecule has 0 aliphatic heterocycles. The van der Waals surface area contributed by atoms with Gasteiger partial charge in [-0.2, -0.15) is 0 Å². The molecule has 0 bridgehead atoms. The smallest absolute Gasteiger partial charge is 0.412 e. The van der Waals surface area contributed by atoms with E-state index >= 15 is 0 Å². The highest BCUT2D eigenvalue weighted by molar-refractivity contribution is 7.22. The van der Waals surface area contributed by atoms with Crippen LogP contribution in [-0.2, 0) is 4.74 Å². The maximum atomic E-state index is 12.3. The first-order valence-electron chi connectivity index (χ1n) is 7.30. The number of amides is 2. The number of fused-ring (bicyclic) bond motifs is 1. The van der Waals surface area contributed by atoms with Gasteiger partial charge in [-0.1, -0.05) is 29.4 Å². The van der Waals surface area contributed by atoms with Crippen molar-refractivity contribution in [3.05, 3.63) is 54.1 Å². The van der Waals surface area contributed by atoms with Crippen LogP contribution in [0.4, 0.5) is 15.6 Å². The van der Waals surface area contributed by atoms with Gasteiger partial charge in [0.25, 0.3) is 5.91 Å². The quantitative estimate of drug-likeness (QED) is 0.702. The molecule has 0 unspecified atom stereocenters. The van der Waals surface area contributed by atoms with Crippen molar-refractivity contribution in [2.45, 2.75) is 0 Å². The molecule has 124 valence electrons. The lowest BCUT2D eigenvalue weighted by Gasteiger charge is -2.06. The van der Waals surface area contributed by atoms with Crippen molar-refractivity contribution in [2.75, 3.05) is 17.2 Å². The predicted octanol–water partition coefficient (Wildman–Crippen LogP) is 3.73. The van der Waals surface area contributed by atoms with Crippen LogP contribution >= 0.6 is 11.3 Å². The van der Waals surface area contributed by atoms with Crippen LogP contribution in [0.15, 0.2) is 48.5 Å². The average Bonchev–Trinajstić information content (AvgIpc) is 3.02. The SMILES string of the molecule is C#CCOC(=O)Nc1ccc(C(=O)Nc2nc3ccccc3s2)cc1. The Kier molecular flexibility index (Phi) is 4.92. The molecule has 0 atom stereocenters. The zero-order chi connectivity index (χ0) is 17.6. The van der Waals surface area contributed by atoms with Crippen LogP contribution in [-0.4, -0.2) is 23.6 Å². The lowest BCUT2D eigenvalue weighted by Crippen LogP contribution is -2.14. The number of aromatic nitrogens is 1. The number of hydrogen-bond donors (Lipinski definition) is 2. The Morgan fingerprint density at radius 2 is 1.88 bits per heavy atom. The van der Waals surface area contributed by atoms with Crippen LogP contribution in [0.25, 0.3) is 10.2 Å². The number of terminal acetylenes is 1. The van der Waals surface area contributed by atoms with Crippen LogP contribution in [0.1, 0.15) is 10.4 Å². The number of nitrogens with zero attached hydrogens (tertiary/aromatic N) is 1. The summed E-state index contributed by atoms with van der Waals surface area (Å²) in [4.78, 5) is 28.0. The van der Waals surface area contributed by atoms with Gasteiger partial charge in [0.1, 0.15) is 0 Å². The molecule has 3 rings (SSSR count).